The number of aromatic hydroxyl groups is 1. The fourth-order valence-electron chi connectivity index (χ4n) is 3.64. The molecular formula is C21H15F2NO2. The summed E-state index contributed by atoms with van der Waals surface area (Å²) in [6.45, 7) is 1.60. The summed E-state index contributed by atoms with van der Waals surface area (Å²) in [5, 5.41) is 12.4. The smallest absolute Gasteiger partial charge is 0.244 e. The second kappa shape index (κ2) is 5.66. The van der Waals surface area contributed by atoms with Crippen molar-refractivity contribution in [2.75, 3.05) is 5.32 Å². The number of benzene rings is 3. The fourth-order valence-corrected chi connectivity index (χ4v) is 3.64. The predicted molar refractivity (Wildman–Crippen MR) is 94.2 cm³/mol. The Labute approximate surface area is 148 Å². The second-order valence-electron chi connectivity index (χ2n) is 6.35. The van der Waals surface area contributed by atoms with E-state index < -0.39 is 17.0 Å². The van der Waals surface area contributed by atoms with Gasteiger partial charge in [-0.2, -0.15) is 0 Å². The Morgan fingerprint density at radius 2 is 1.46 bits per heavy atom. The highest BCUT2D eigenvalue weighted by molar-refractivity contribution is 6.12. The molecule has 0 spiro atoms. The zero-order valence-electron chi connectivity index (χ0n) is 13.9. The normalized spacial score (nSPS) is 18.5. The lowest BCUT2D eigenvalue weighted by Crippen LogP contribution is -2.37. The molecule has 0 saturated carbocycles. The van der Waals surface area contributed by atoms with E-state index in [1.165, 1.54) is 30.3 Å². The van der Waals surface area contributed by atoms with Crippen molar-refractivity contribution >= 4 is 11.6 Å². The van der Waals surface area contributed by atoms with Gasteiger partial charge in [-0.15, -0.1) is 0 Å². The van der Waals surface area contributed by atoms with E-state index in [1.54, 1.807) is 37.3 Å². The Bertz CT molecular complexity index is 966. The highest BCUT2D eigenvalue weighted by Crippen LogP contribution is 2.49. The molecule has 3 aromatic rings. The van der Waals surface area contributed by atoms with Gasteiger partial charge in [-0.25, -0.2) is 8.78 Å². The van der Waals surface area contributed by atoms with Gasteiger partial charge >= 0.3 is 0 Å². The Morgan fingerprint density at radius 1 is 0.885 bits per heavy atom. The Morgan fingerprint density at radius 3 is 2.08 bits per heavy atom. The van der Waals surface area contributed by atoms with E-state index >= 15 is 0 Å². The summed E-state index contributed by atoms with van der Waals surface area (Å²) in [6.07, 6.45) is 0. The summed E-state index contributed by atoms with van der Waals surface area (Å²) in [5.74, 6) is -1.11. The molecular weight excluding hydrogens is 336 g/mol. The molecule has 1 heterocycles. The van der Waals surface area contributed by atoms with Gasteiger partial charge in [0.25, 0.3) is 0 Å². The van der Waals surface area contributed by atoms with Gasteiger partial charge in [0.2, 0.25) is 5.91 Å². The monoisotopic (exact) mass is 351 g/mol. The maximum atomic E-state index is 14.0. The van der Waals surface area contributed by atoms with Crippen LogP contribution in [0, 0.1) is 18.6 Å². The Balaban J connectivity index is 2.08. The van der Waals surface area contributed by atoms with Crippen molar-refractivity contribution in [3.8, 4) is 5.75 Å². The van der Waals surface area contributed by atoms with Crippen LogP contribution in [0.3, 0.4) is 0 Å². The van der Waals surface area contributed by atoms with Crippen molar-refractivity contribution < 1.29 is 18.7 Å². The molecule has 0 aromatic heterocycles. The summed E-state index contributed by atoms with van der Waals surface area (Å²) in [4.78, 5) is 13.2. The summed E-state index contributed by atoms with van der Waals surface area (Å²) >= 11 is 0. The van der Waals surface area contributed by atoms with Gasteiger partial charge in [-0.1, -0.05) is 30.3 Å². The van der Waals surface area contributed by atoms with Crippen molar-refractivity contribution in [2.24, 2.45) is 0 Å². The maximum Gasteiger partial charge on any atom is 0.244 e. The van der Waals surface area contributed by atoms with E-state index in [2.05, 4.69) is 5.32 Å². The molecule has 26 heavy (non-hydrogen) atoms. The standard InChI is InChI=1S/C21H15F2NO2/c1-12-18(23)11-10-17-19(12)24-20(26)21(17,13-2-6-15(22)7-3-13)14-4-8-16(25)9-5-14/h2-11,25H,1H3,(H,24,26). The molecule has 3 nitrogen and oxygen atoms in total. The first kappa shape index (κ1) is 16.3. The van der Waals surface area contributed by atoms with E-state index in [0.29, 0.717) is 27.9 Å². The van der Waals surface area contributed by atoms with Gasteiger partial charge in [0.1, 0.15) is 22.8 Å². The van der Waals surface area contributed by atoms with Crippen LogP contribution in [0.2, 0.25) is 0 Å². The Hall–Kier alpha value is -3.21. The van der Waals surface area contributed by atoms with Crippen LogP contribution < -0.4 is 5.32 Å². The van der Waals surface area contributed by atoms with Gasteiger partial charge in [0.15, 0.2) is 0 Å². The zero-order valence-corrected chi connectivity index (χ0v) is 13.9. The van der Waals surface area contributed by atoms with Crippen LogP contribution in [0.25, 0.3) is 0 Å². The molecule has 1 unspecified atom stereocenters. The van der Waals surface area contributed by atoms with Gasteiger partial charge in [0.05, 0.1) is 5.69 Å². The third-order valence-corrected chi connectivity index (χ3v) is 4.96. The topological polar surface area (TPSA) is 49.3 Å². The number of phenols is 1. The number of hydrogen-bond acceptors (Lipinski definition) is 2. The number of carbonyl (C=O) groups excluding carboxylic acids is 1. The number of anilines is 1. The molecule has 2 N–H and O–H groups in total. The van der Waals surface area contributed by atoms with Gasteiger partial charge in [-0.05, 0) is 48.4 Å². The molecule has 130 valence electrons. The largest absolute Gasteiger partial charge is 0.508 e. The van der Waals surface area contributed by atoms with E-state index in [-0.39, 0.29) is 11.7 Å². The van der Waals surface area contributed by atoms with Crippen molar-refractivity contribution in [1.29, 1.82) is 0 Å². The first-order valence-electron chi connectivity index (χ1n) is 8.11. The molecule has 4 rings (SSSR count). The van der Waals surface area contributed by atoms with Crippen molar-refractivity contribution in [3.63, 3.8) is 0 Å². The highest BCUT2D eigenvalue weighted by Gasteiger charge is 2.50. The third-order valence-electron chi connectivity index (χ3n) is 4.96. The van der Waals surface area contributed by atoms with E-state index in [9.17, 15) is 18.7 Å². The number of nitrogens with one attached hydrogen (secondary N) is 1. The summed E-state index contributed by atoms with van der Waals surface area (Å²) in [5.41, 5.74) is 1.27. The van der Waals surface area contributed by atoms with Crippen LogP contribution in [-0.4, -0.2) is 11.0 Å². The van der Waals surface area contributed by atoms with E-state index in [1.807, 2.05) is 0 Å². The van der Waals surface area contributed by atoms with Crippen LogP contribution in [0.4, 0.5) is 14.5 Å². The zero-order chi connectivity index (χ0) is 18.5. The minimum Gasteiger partial charge on any atom is -0.508 e. The van der Waals surface area contributed by atoms with E-state index in [4.69, 9.17) is 0 Å². The number of rotatable bonds is 2. The van der Waals surface area contributed by atoms with Crippen molar-refractivity contribution in [2.45, 2.75) is 12.3 Å². The average Bonchev–Trinajstić information content (AvgIpc) is 2.93. The Kier molecular flexibility index (Phi) is 3.54. The summed E-state index contributed by atoms with van der Waals surface area (Å²) < 4.78 is 27.5. The van der Waals surface area contributed by atoms with Gasteiger partial charge < -0.3 is 10.4 Å². The molecule has 1 atom stereocenters. The minimum atomic E-state index is -1.25. The van der Waals surface area contributed by atoms with Crippen LogP contribution in [0.15, 0.2) is 60.7 Å². The maximum absolute atomic E-state index is 14.0. The summed E-state index contributed by atoms with van der Waals surface area (Å²) in [6, 6.07) is 14.9. The molecule has 1 aliphatic heterocycles. The van der Waals surface area contributed by atoms with Crippen molar-refractivity contribution in [1.82, 2.24) is 0 Å². The van der Waals surface area contributed by atoms with Crippen molar-refractivity contribution in [3.05, 3.63) is 94.6 Å². The number of hydrogen-bond donors (Lipinski definition) is 2. The van der Waals surface area contributed by atoms with Crippen LogP contribution >= 0.6 is 0 Å². The van der Waals surface area contributed by atoms with Crippen LogP contribution in [0.5, 0.6) is 5.75 Å². The first-order valence-corrected chi connectivity index (χ1v) is 8.11. The molecule has 0 radical (unpaired) electrons. The van der Waals surface area contributed by atoms with Crippen LogP contribution in [0.1, 0.15) is 22.3 Å². The molecule has 0 aliphatic carbocycles. The number of phenolic OH excluding ortho intramolecular Hbond substituents is 1. The number of fused-ring (bicyclic) bond motifs is 1. The summed E-state index contributed by atoms with van der Waals surface area (Å²) in [7, 11) is 0. The quantitative estimate of drug-likeness (QED) is 0.725. The fraction of sp³-hybridized carbons (Fsp3) is 0.0952. The first-order chi connectivity index (χ1) is 12.4. The minimum absolute atomic E-state index is 0.0666. The van der Waals surface area contributed by atoms with E-state index in [0.717, 1.165) is 0 Å². The lowest BCUT2D eigenvalue weighted by atomic mass is 9.70. The van der Waals surface area contributed by atoms with Gasteiger partial charge in [-0.3, -0.25) is 4.79 Å². The number of carbonyl (C=O) groups is 1. The molecule has 0 bridgehead atoms. The molecule has 3 aromatic carbocycles. The second-order valence-corrected chi connectivity index (χ2v) is 6.35. The van der Waals surface area contributed by atoms with Gasteiger partial charge in [0, 0.05) is 11.1 Å². The highest BCUT2D eigenvalue weighted by atomic mass is 19.1. The number of halogens is 2. The number of amides is 1. The lowest BCUT2D eigenvalue weighted by molar-refractivity contribution is -0.118. The third kappa shape index (κ3) is 2.13. The van der Waals surface area contributed by atoms with Crippen LogP contribution in [-0.2, 0) is 10.2 Å². The molecule has 5 heteroatoms. The molecule has 1 aliphatic rings. The molecule has 0 fully saturated rings. The average molecular weight is 351 g/mol. The lowest BCUT2D eigenvalue weighted by Gasteiger charge is -2.29. The predicted octanol–water partition coefficient (Wildman–Crippen LogP) is 4.27. The SMILES string of the molecule is Cc1c(F)ccc2c1NC(=O)C2(c1ccc(O)cc1)c1ccc(F)cc1. The molecule has 0 saturated heterocycles. The molecule has 1 amide bonds.